The Labute approximate surface area is 106 Å². The summed E-state index contributed by atoms with van der Waals surface area (Å²) >= 11 is 0. The third-order valence-corrected chi connectivity index (χ3v) is 4.34. The summed E-state index contributed by atoms with van der Waals surface area (Å²) in [7, 11) is 1.77. The number of hydrogen-bond donors (Lipinski definition) is 0. The zero-order valence-corrected chi connectivity index (χ0v) is 11.9. The fourth-order valence-corrected chi connectivity index (χ4v) is 2.22. The van der Waals surface area contributed by atoms with E-state index in [4.69, 9.17) is 4.74 Å². The number of rotatable bonds is 6. The van der Waals surface area contributed by atoms with Gasteiger partial charge in [0.25, 0.3) is 0 Å². The highest BCUT2D eigenvalue weighted by molar-refractivity contribution is 5.26. The van der Waals surface area contributed by atoms with Gasteiger partial charge in [0, 0.05) is 13.7 Å². The maximum absolute atomic E-state index is 5.16. The van der Waals surface area contributed by atoms with Crippen LogP contribution in [0, 0.1) is 5.41 Å². The third-order valence-electron chi connectivity index (χ3n) is 4.34. The summed E-state index contributed by atoms with van der Waals surface area (Å²) in [6.07, 6.45) is 2.31. The van der Waals surface area contributed by atoms with Crippen molar-refractivity contribution in [3.8, 4) is 0 Å². The van der Waals surface area contributed by atoms with E-state index in [0.717, 1.165) is 13.0 Å². The van der Waals surface area contributed by atoms with Crippen molar-refractivity contribution >= 4 is 0 Å². The molecule has 1 aromatic rings. The van der Waals surface area contributed by atoms with Crippen molar-refractivity contribution in [2.24, 2.45) is 5.41 Å². The molecule has 0 aliphatic carbocycles. The van der Waals surface area contributed by atoms with E-state index in [1.54, 1.807) is 7.11 Å². The van der Waals surface area contributed by atoms with Crippen molar-refractivity contribution < 1.29 is 4.74 Å². The lowest BCUT2D eigenvalue weighted by molar-refractivity contribution is 0.137. The van der Waals surface area contributed by atoms with E-state index < -0.39 is 0 Å². The van der Waals surface area contributed by atoms with Crippen LogP contribution in [0.25, 0.3) is 0 Å². The van der Waals surface area contributed by atoms with Gasteiger partial charge in [0.05, 0.1) is 0 Å². The Morgan fingerprint density at radius 1 is 1.00 bits per heavy atom. The average molecular weight is 234 g/mol. The molecule has 0 radical (unpaired) electrons. The van der Waals surface area contributed by atoms with E-state index in [0.29, 0.717) is 0 Å². The van der Waals surface area contributed by atoms with Crippen LogP contribution in [-0.4, -0.2) is 13.7 Å². The van der Waals surface area contributed by atoms with E-state index in [2.05, 4.69) is 58.0 Å². The summed E-state index contributed by atoms with van der Waals surface area (Å²) in [6.45, 7) is 10.3. The molecule has 96 valence electrons. The van der Waals surface area contributed by atoms with Gasteiger partial charge in [-0.25, -0.2) is 0 Å². The van der Waals surface area contributed by atoms with Crippen LogP contribution in [0.15, 0.2) is 30.3 Å². The number of methoxy groups -OCH3 is 1. The van der Waals surface area contributed by atoms with E-state index in [1.165, 1.54) is 12.0 Å². The average Bonchev–Trinajstić information content (AvgIpc) is 2.30. The molecule has 0 heterocycles. The molecule has 0 bridgehead atoms. The van der Waals surface area contributed by atoms with Crippen molar-refractivity contribution in [1.82, 2.24) is 0 Å². The standard InChI is InChI=1S/C16H26O/c1-15(2,12-9-13-17-5)16(3,4)14-10-7-6-8-11-14/h6-8,10-11H,9,12-13H2,1-5H3. The molecule has 17 heavy (non-hydrogen) atoms. The molecular formula is C16H26O. The molecule has 0 saturated heterocycles. The predicted molar refractivity (Wildman–Crippen MR) is 74.4 cm³/mol. The quantitative estimate of drug-likeness (QED) is 0.662. The van der Waals surface area contributed by atoms with Crippen molar-refractivity contribution in [2.45, 2.75) is 46.0 Å². The van der Waals surface area contributed by atoms with Crippen LogP contribution < -0.4 is 0 Å². The van der Waals surface area contributed by atoms with Gasteiger partial charge >= 0.3 is 0 Å². The Hall–Kier alpha value is -0.820. The van der Waals surface area contributed by atoms with Crippen LogP contribution in [0.1, 0.15) is 46.1 Å². The summed E-state index contributed by atoms with van der Waals surface area (Å²) in [6, 6.07) is 10.8. The summed E-state index contributed by atoms with van der Waals surface area (Å²) in [5, 5.41) is 0. The molecule has 0 aromatic heterocycles. The number of hydrogen-bond acceptors (Lipinski definition) is 1. The third kappa shape index (κ3) is 3.32. The first-order chi connectivity index (χ1) is 7.92. The maximum Gasteiger partial charge on any atom is 0.0462 e. The molecule has 1 rings (SSSR count). The molecule has 0 aliphatic heterocycles. The van der Waals surface area contributed by atoms with Gasteiger partial charge in [0.15, 0.2) is 0 Å². The largest absolute Gasteiger partial charge is 0.385 e. The molecule has 0 spiro atoms. The van der Waals surface area contributed by atoms with Crippen LogP contribution >= 0.6 is 0 Å². The highest BCUT2D eigenvalue weighted by Gasteiger charge is 2.37. The van der Waals surface area contributed by atoms with Gasteiger partial charge in [-0.05, 0) is 29.2 Å². The van der Waals surface area contributed by atoms with Gasteiger partial charge in [-0.1, -0.05) is 58.0 Å². The van der Waals surface area contributed by atoms with Gasteiger partial charge in [0.2, 0.25) is 0 Å². The molecule has 1 heteroatoms. The second-order valence-corrected chi connectivity index (χ2v) is 5.97. The van der Waals surface area contributed by atoms with Crippen molar-refractivity contribution in [1.29, 1.82) is 0 Å². The second kappa shape index (κ2) is 5.68. The summed E-state index contributed by atoms with van der Waals surface area (Å²) < 4.78 is 5.16. The SMILES string of the molecule is COCCCC(C)(C)C(C)(C)c1ccccc1. The Morgan fingerprint density at radius 3 is 2.12 bits per heavy atom. The van der Waals surface area contributed by atoms with E-state index in [-0.39, 0.29) is 10.8 Å². The van der Waals surface area contributed by atoms with E-state index in [1.807, 2.05) is 0 Å². The van der Waals surface area contributed by atoms with Gasteiger partial charge in [-0.2, -0.15) is 0 Å². The molecule has 1 nitrogen and oxygen atoms in total. The van der Waals surface area contributed by atoms with Gasteiger partial charge < -0.3 is 4.74 Å². The topological polar surface area (TPSA) is 9.23 Å². The molecule has 0 unspecified atom stereocenters. The molecule has 1 aromatic carbocycles. The smallest absolute Gasteiger partial charge is 0.0462 e. The van der Waals surface area contributed by atoms with Crippen LogP contribution in [0.4, 0.5) is 0 Å². The summed E-state index contributed by atoms with van der Waals surface area (Å²) in [4.78, 5) is 0. The van der Waals surface area contributed by atoms with Crippen LogP contribution in [-0.2, 0) is 10.2 Å². The molecule has 0 saturated carbocycles. The Kier molecular flexibility index (Phi) is 4.76. The first-order valence-corrected chi connectivity index (χ1v) is 6.46. The zero-order valence-electron chi connectivity index (χ0n) is 11.9. The molecule has 0 aliphatic rings. The molecule has 0 N–H and O–H groups in total. The second-order valence-electron chi connectivity index (χ2n) is 5.97. The minimum Gasteiger partial charge on any atom is -0.385 e. The molecule has 0 amide bonds. The molecule has 0 fully saturated rings. The van der Waals surface area contributed by atoms with Crippen LogP contribution in [0.2, 0.25) is 0 Å². The Morgan fingerprint density at radius 2 is 1.59 bits per heavy atom. The predicted octanol–water partition coefficient (Wildman–Crippen LogP) is 4.42. The Bertz CT molecular complexity index is 325. The summed E-state index contributed by atoms with van der Waals surface area (Å²) in [5.41, 5.74) is 1.87. The fraction of sp³-hybridized carbons (Fsp3) is 0.625. The number of ether oxygens (including phenoxy) is 1. The lowest BCUT2D eigenvalue weighted by atomic mass is 9.62. The highest BCUT2D eigenvalue weighted by atomic mass is 16.5. The maximum atomic E-state index is 5.16. The lowest BCUT2D eigenvalue weighted by Crippen LogP contribution is -2.36. The monoisotopic (exact) mass is 234 g/mol. The van der Waals surface area contributed by atoms with Crippen molar-refractivity contribution in [3.05, 3.63) is 35.9 Å². The van der Waals surface area contributed by atoms with Crippen molar-refractivity contribution in [3.63, 3.8) is 0 Å². The van der Waals surface area contributed by atoms with Crippen LogP contribution in [0.5, 0.6) is 0 Å². The van der Waals surface area contributed by atoms with Crippen molar-refractivity contribution in [2.75, 3.05) is 13.7 Å². The lowest BCUT2D eigenvalue weighted by Gasteiger charge is -2.42. The van der Waals surface area contributed by atoms with Gasteiger partial charge in [-0.15, -0.1) is 0 Å². The molecule has 0 atom stereocenters. The minimum atomic E-state index is 0.183. The van der Waals surface area contributed by atoms with E-state index >= 15 is 0 Å². The molecular weight excluding hydrogens is 208 g/mol. The van der Waals surface area contributed by atoms with Crippen LogP contribution in [0.3, 0.4) is 0 Å². The first-order valence-electron chi connectivity index (χ1n) is 6.46. The van der Waals surface area contributed by atoms with Gasteiger partial charge in [-0.3, -0.25) is 0 Å². The zero-order chi connectivity index (χ0) is 12.9. The normalized spacial score (nSPS) is 12.8. The van der Waals surface area contributed by atoms with E-state index in [9.17, 15) is 0 Å². The minimum absolute atomic E-state index is 0.183. The first kappa shape index (κ1) is 14.2. The van der Waals surface area contributed by atoms with Gasteiger partial charge in [0.1, 0.15) is 0 Å². The highest BCUT2D eigenvalue weighted by Crippen LogP contribution is 2.44. The summed E-state index contributed by atoms with van der Waals surface area (Å²) in [5.74, 6) is 0. The fourth-order valence-electron chi connectivity index (χ4n) is 2.22. The number of benzene rings is 1. The Balaban J connectivity index is 2.81.